The Morgan fingerprint density at radius 3 is 3.11 bits per heavy atom. The molecule has 0 radical (unpaired) electrons. The fourth-order valence-corrected chi connectivity index (χ4v) is 3.32. The van der Waals surface area contributed by atoms with E-state index in [0.29, 0.717) is 11.8 Å². The van der Waals surface area contributed by atoms with Crippen molar-refractivity contribution in [1.29, 1.82) is 0 Å². The normalized spacial score (nSPS) is 23.6. The topological polar surface area (TPSA) is 29.3 Å². The third-order valence-corrected chi connectivity index (χ3v) is 4.38. The first-order chi connectivity index (χ1) is 8.88. The van der Waals surface area contributed by atoms with Crippen LogP contribution < -0.4 is 5.32 Å². The highest BCUT2D eigenvalue weighted by Crippen LogP contribution is 2.32. The summed E-state index contributed by atoms with van der Waals surface area (Å²) in [5.41, 5.74) is 0.986. The predicted molar refractivity (Wildman–Crippen MR) is 75.2 cm³/mol. The number of hydrogen-bond acceptors (Lipinski definition) is 2. The molecule has 0 aliphatic heterocycles. The summed E-state index contributed by atoms with van der Waals surface area (Å²) in [7, 11) is 0. The van der Waals surface area contributed by atoms with Gasteiger partial charge in [-0.3, -0.25) is 4.40 Å². The second-order valence-electron chi connectivity index (χ2n) is 5.05. The molecule has 96 valence electrons. The Kier molecular flexibility index (Phi) is 3.41. The fourth-order valence-electron chi connectivity index (χ4n) is 2.91. The van der Waals surface area contributed by atoms with Gasteiger partial charge in [-0.2, -0.15) is 0 Å². The Morgan fingerprint density at radius 1 is 1.33 bits per heavy atom. The first-order valence-corrected chi connectivity index (χ1v) is 7.14. The van der Waals surface area contributed by atoms with Crippen LogP contribution in [0.1, 0.15) is 19.3 Å². The first kappa shape index (κ1) is 11.8. The molecule has 18 heavy (non-hydrogen) atoms. The number of halogens is 1. The maximum absolute atomic E-state index is 6.02. The monoisotopic (exact) mass is 263 g/mol. The van der Waals surface area contributed by atoms with Crippen LogP contribution in [0.25, 0.3) is 5.65 Å². The molecule has 0 amide bonds. The molecular formula is C14H18ClN3. The van der Waals surface area contributed by atoms with E-state index < -0.39 is 0 Å². The van der Waals surface area contributed by atoms with E-state index in [1.54, 1.807) is 0 Å². The lowest BCUT2D eigenvalue weighted by atomic mass is 9.98. The minimum absolute atomic E-state index is 0.682. The standard InChI is InChI=1S/C14H18ClN3/c15-9-11-3-1-4-12(11)10-17-14-6-2-5-13-16-7-8-18(13)14/h2,5-8,11-12,17H,1,3-4,9-10H2. The summed E-state index contributed by atoms with van der Waals surface area (Å²) in [6.45, 7) is 1.01. The highest BCUT2D eigenvalue weighted by atomic mass is 35.5. The zero-order chi connectivity index (χ0) is 12.4. The number of pyridine rings is 1. The number of nitrogens with one attached hydrogen (secondary N) is 1. The molecule has 1 N–H and O–H groups in total. The van der Waals surface area contributed by atoms with Gasteiger partial charge in [-0.1, -0.05) is 12.5 Å². The van der Waals surface area contributed by atoms with Crippen LogP contribution in [0.15, 0.2) is 30.6 Å². The molecule has 0 spiro atoms. The van der Waals surface area contributed by atoms with E-state index >= 15 is 0 Å². The summed E-state index contributed by atoms with van der Waals surface area (Å²) in [6.07, 6.45) is 7.72. The van der Waals surface area contributed by atoms with Crippen LogP contribution in [-0.4, -0.2) is 21.8 Å². The van der Waals surface area contributed by atoms with Gasteiger partial charge < -0.3 is 5.32 Å². The van der Waals surface area contributed by atoms with E-state index in [1.807, 2.05) is 24.5 Å². The summed E-state index contributed by atoms with van der Waals surface area (Å²) < 4.78 is 2.09. The van der Waals surface area contributed by atoms with Crippen molar-refractivity contribution >= 4 is 23.1 Å². The van der Waals surface area contributed by atoms with E-state index in [4.69, 9.17) is 11.6 Å². The highest BCUT2D eigenvalue weighted by Gasteiger charge is 2.26. The van der Waals surface area contributed by atoms with Crippen molar-refractivity contribution < 1.29 is 0 Å². The van der Waals surface area contributed by atoms with Gasteiger partial charge in [0.25, 0.3) is 0 Å². The number of alkyl halides is 1. The molecular weight excluding hydrogens is 246 g/mol. The lowest BCUT2D eigenvalue weighted by Gasteiger charge is -2.18. The summed E-state index contributed by atoms with van der Waals surface area (Å²) in [4.78, 5) is 4.29. The maximum Gasteiger partial charge on any atom is 0.138 e. The van der Waals surface area contributed by atoms with Crippen molar-refractivity contribution in [2.24, 2.45) is 11.8 Å². The second kappa shape index (κ2) is 5.19. The number of nitrogens with zero attached hydrogens (tertiary/aromatic N) is 2. The molecule has 1 fully saturated rings. The maximum atomic E-state index is 6.02. The fraction of sp³-hybridized carbons (Fsp3) is 0.500. The molecule has 1 aliphatic carbocycles. The van der Waals surface area contributed by atoms with Crippen LogP contribution in [-0.2, 0) is 0 Å². The molecule has 4 heteroatoms. The average molecular weight is 264 g/mol. The zero-order valence-electron chi connectivity index (χ0n) is 10.3. The molecule has 0 aromatic carbocycles. The zero-order valence-corrected chi connectivity index (χ0v) is 11.1. The number of fused-ring (bicyclic) bond motifs is 1. The number of aromatic nitrogens is 2. The Balaban J connectivity index is 1.71. The van der Waals surface area contributed by atoms with Crippen molar-refractivity contribution in [3.05, 3.63) is 30.6 Å². The molecule has 3 rings (SSSR count). The van der Waals surface area contributed by atoms with E-state index in [0.717, 1.165) is 23.9 Å². The van der Waals surface area contributed by atoms with Gasteiger partial charge in [0.05, 0.1) is 0 Å². The Labute approximate surface area is 112 Å². The van der Waals surface area contributed by atoms with Gasteiger partial charge in [-0.15, -0.1) is 11.6 Å². The van der Waals surface area contributed by atoms with Crippen molar-refractivity contribution in [1.82, 2.24) is 9.38 Å². The Bertz CT molecular complexity index is 522. The third kappa shape index (κ3) is 2.19. The molecule has 3 nitrogen and oxygen atoms in total. The highest BCUT2D eigenvalue weighted by molar-refractivity contribution is 6.18. The molecule has 2 atom stereocenters. The average Bonchev–Trinajstić information content (AvgIpc) is 3.04. The first-order valence-electron chi connectivity index (χ1n) is 6.60. The summed E-state index contributed by atoms with van der Waals surface area (Å²) in [5.74, 6) is 3.30. The van der Waals surface area contributed by atoms with Gasteiger partial charge in [0.15, 0.2) is 0 Å². The molecule has 2 unspecified atom stereocenters. The largest absolute Gasteiger partial charge is 0.371 e. The Morgan fingerprint density at radius 2 is 2.22 bits per heavy atom. The second-order valence-corrected chi connectivity index (χ2v) is 5.36. The molecule has 0 saturated heterocycles. The van der Waals surface area contributed by atoms with E-state index in [-0.39, 0.29) is 0 Å². The van der Waals surface area contributed by atoms with E-state index in [1.165, 1.54) is 19.3 Å². The molecule has 1 saturated carbocycles. The van der Waals surface area contributed by atoms with Gasteiger partial charge in [0, 0.05) is 24.8 Å². The van der Waals surface area contributed by atoms with Crippen LogP contribution in [0.3, 0.4) is 0 Å². The van der Waals surface area contributed by atoms with Crippen LogP contribution in [0.5, 0.6) is 0 Å². The van der Waals surface area contributed by atoms with Crippen LogP contribution in [0, 0.1) is 11.8 Å². The SMILES string of the molecule is ClCC1CCCC1CNc1cccc2nccn12. The summed E-state index contributed by atoms with van der Waals surface area (Å²) in [6, 6.07) is 6.15. The van der Waals surface area contributed by atoms with Gasteiger partial charge in [-0.05, 0) is 36.8 Å². The molecule has 0 bridgehead atoms. The van der Waals surface area contributed by atoms with Crippen molar-refractivity contribution in [3.63, 3.8) is 0 Å². The minimum atomic E-state index is 0.682. The lowest BCUT2D eigenvalue weighted by Crippen LogP contribution is -2.20. The summed E-state index contributed by atoms with van der Waals surface area (Å²) in [5, 5.41) is 3.54. The van der Waals surface area contributed by atoms with Crippen LogP contribution in [0.4, 0.5) is 5.82 Å². The Hall–Kier alpha value is -1.22. The van der Waals surface area contributed by atoms with Crippen molar-refractivity contribution in [2.45, 2.75) is 19.3 Å². The van der Waals surface area contributed by atoms with Crippen molar-refractivity contribution in [2.75, 3.05) is 17.7 Å². The van der Waals surface area contributed by atoms with Crippen LogP contribution >= 0.6 is 11.6 Å². The van der Waals surface area contributed by atoms with Gasteiger partial charge in [0.1, 0.15) is 11.5 Å². The molecule has 2 aromatic heterocycles. The van der Waals surface area contributed by atoms with Crippen LogP contribution in [0.2, 0.25) is 0 Å². The molecule has 1 aliphatic rings. The van der Waals surface area contributed by atoms with Gasteiger partial charge >= 0.3 is 0 Å². The van der Waals surface area contributed by atoms with Gasteiger partial charge in [-0.25, -0.2) is 4.98 Å². The summed E-state index contributed by atoms with van der Waals surface area (Å²) >= 11 is 6.02. The van der Waals surface area contributed by atoms with Gasteiger partial charge in [0.2, 0.25) is 0 Å². The predicted octanol–water partition coefficient (Wildman–Crippen LogP) is 3.40. The van der Waals surface area contributed by atoms with Crippen molar-refractivity contribution in [3.8, 4) is 0 Å². The molecule has 2 heterocycles. The smallest absolute Gasteiger partial charge is 0.138 e. The molecule has 2 aromatic rings. The quantitative estimate of drug-likeness (QED) is 0.857. The number of imidazole rings is 1. The number of hydrogen-bond donors (Lipinski definition) is 1. The third-order valence-electron chi connectivity index (χ3n) is 3.99. The minimum Gasteiger partial charge on any atom is -0.371 e. The number of anilines is 1. The lowest BCUT2D eigenvalue weighted by molar-refractivity contribution is 0.444. The number of rotatable bonds is 4. The van der Waals surface area contributed by atoms with E-state index in [9.17, 15) is 0 Å². The van der Waals surface area contributed by atoms with E-state index in [2.05, 4.69) is 20.8 Å².